The van der Waals surface area contributed by atoms with Crippen LogP contribution >= 0.6 is 11.5 Å². The van der Waals surface area contributed by atoms with Crippen molar-refractivity contribution in [2.24, 2.45) is 0 Å². The Morgan fingerprint density at radius 3 is 2.71 bits per heavy atom. The first-order valence-corrected chi connectivity index (χ1v) is 6.49. The predicted octanol–water partition coefficient (Wildman–Crippen LogP) is 1.62. The minimum absolute atomic E-state index is 0.0198. The van der Waals surface area contributed by atoms with Crippen LogP contribution in [0.2, 0.25) is 0 Å². The van der Waals surface area contributed by atoms with Crippen molar-refractivity contribution in [1.82, 2.24) is 9.36 Å². The van der Waals surface area contributed by atoms with E-state index in [-0.39, 0.29) is 5.13 Å². The van der Waals surface area contributed by atoms with Gasteiger partial charge in [0.1, 0.15) is 22.9 Å². The fourth-order valence-corrected chi connectivity index (χ4v) is 2.82. The molecular formula is C8H5F2N3O2S2. The van der Waals surface area contributed by atoms with Gasteiger partial charge in [0.15, 0.2) is 0 Å². The maximum atomic E-state index is 13.3. The molecule has 1 aromatic heterocycles. The van der Waals surface area contributed by atoms with Crippen molar-refractivity contribution in [2.45, 2.75) is 4.90 Å². The summed E-state index contributed by atoms with van der Waals surface area (Å²) < 4.78 is 55.1. The summed E-state index contributed by atoms with van der Waals surface area (Å²) in [6, 6.07) is 2.17. The Bertz CT molecular complexity index is 628. The molecule has 0 amide bonds. The Hall–Kier alpha value is -1.61. The monoisotopic (exact) mass is 277 g/mol. The van der Waals surface area contributed by atoms with Gasteiger partial charge >= 0.3 is 0 Å². The summed E-state index contributed by atoms with van der Waals surface area (Å²) in [5.41, 5.74) is 0. The number of nitrogens with one attached hydrogen (secondary N) is 1. The molecule has 0 aliphatic heterocycles. The van der Waals surface area contributed by atoms with Crippen molar-refractivity contribution in [1.29, 1.82) is 0 Å². The Balaban J connectivity index is 2.41. The van der Waals surface area contributed by atoms with Crippen molar-refractivity contribution < 1.29 is 17.2 Å². The Kier molecular flexibility index (Phi) is 3.03. The number of aromatic nitrogens is 2. The summed E-state index contributed by atoms with van der Waals surface area (Å²) in [5.74, 6) is -1.88. The highest BCUT2D eigenvalue weighted by atomic mass is 32.2. The van der Waals surface area contributed by atoms with E-state index in [0.717, 1.165) is 30.0 Å². The molecule has 90 valence electrons. The molecule has 0 unspecified atom stereocenters. The minimum atomic E-state index is -4.19. The third kappa shape index (κ3) is 2.56. The molecule has 0 fully saturated rings. The summed E-state index contributed by atoms with van der Waals surface area (Å²) in [6.07, 6.45) is 1.14. The summed E-state index contributed by atoms with van der Waals surface area (Å²) in [7, 11) is -4.19. The Labute approximate surface area is 99.4 Å². The van der Waals surface area contributed by atoms with Crippen molar-refractivity contribution in [2.75, 3.05) is 4.72 Å². The van der Waals surface area contributed by atoms with Crippen molar-refractivity contribution in [3.8, 4) is 0 Å². The molecule has 2 rings (SSSR count). The second-order valence-electron chi connectivity index (χ2n) is 2.93. The lowest BCUT2D eigenvalue weighted by molar-refractivity contribution is 0.555. The number of hydrogen-bond acceptors (Lipinski definition) is 5. The molecular weight excluding hydrogens is 272 g/mol. The van der Waals surface area contributed by atoms with Crippen molar-refractivity contribution >= 4 is 26.7 Å². The lowest BCUT2D eigenvalue weighted by Gasteiger charge is -2.05. The second kappa shape index (κ2) is 4.34. The van der Waals surface area contributed by atoms with Gasteiger partial charge < -0.3 is 0 Å². The van der Waals surface area contributed by atoms with Crippen molar-refractivity contribution in [3.63, 3.8) is 0 Å². The van der Waals surface area contributed by atoms with Gasteiger partial charge in [-0.2, -0.15) is 4.37 Å². The fraction of sp³-hybridized carbons (Fsp3) is 0. The van der Waals surface area contributed by atoms with Gasteiger partial charge in [0.2, 0.25) is 5.13 Å². The second-order valence-corrected chi connectivity index (χ2v) is 5.36. The number of benzene rings is 1. The number of sulfonamides is 1. The molecule has 17 heavy (non-hydrogen) atoms. The van der Waals surface area contributed by atoms with E-state index >= 15 is 0 Å². The molecule has 5 nitrogen and oxygen atoms in total. The average molecular weight is 277 g/mol. The van der Waals surface area contributed by atoms with Crippen LogP contribution in [0.1, 0.15) is 0 Å². The fourth-order valence-electron chi connectivity index (χ4n) is 1.07. The molecule has 0 radical (unpaired) electrons. The molecule has 0 atom stereocenters. The standard InChI is InChI=1S/C8H5F2N3O2S2/c9-5-1-2-6(10)7(3-5)17(14,15)13-8-11-4-12-16-8/h1-4H,(H,11,12,13). The molecule has 9 heteroatoms. The van der Waals surface area contributed by atoms with Gasteiger partial charge in [-0.3, -0.25) is 4.72 Å². The van der Waals surface area contributed by atoms with E-state index < -0.39 is 26.6 Å². The molecule has 0 saturated heterocycles. The number of nitrogens with zero attached hydrogens (tertiary/aromatic N) is 2. The van der Waals surface area contributed by atoms with E-state index in [1.807, 2.05) is 4.72 Å². The molecule has 0 bridgehead atoms. The van der Waals surface area contributed by atoms with Gasteiger partial charge in [-0.25, -0.2) is 22.2 Å². The topological polar surface area (TPSA) is 72.0 Å². The van der Waals surface area contributed by atoms with E-state index in [4.69, 9.17) is 0 Å². The third-order valence-corrected chi connectivity index (χ3v) is 3.83. The normalized spacial score (nSPS) is 11.4. The predicted molar refractivity (Wildman–Crippen MR) is 57.1 cm³/mol. The van der Waals surface area contributed by atoms with Gasteiger partial charge in [0, 0.05) is 11.5 Å². The van der Waals surface area contributed by atoms with Crippen LogP contribution in [0.3, 0.4) is 0 Å². The first-order chi connectivity index (χ1) is 7.99. The summed E-state index contributed by atoms with van der Waals surface area (Å²) >= 11 is 0.787. The zero-order chi connectivity index (χ0) is 12.5. The molecule has 0 saturated carbocycles. The van der Waals surface area contributed by atoms with Crippen molar-refractivity contribution in [3.05, 3.63) is 36.2 Å². The SMILES string of the molecule is O=S(=O)(Nc1ncns1)c1cc(F)ccc1F. The first-order valence-electron chi connectivity index (χ1n) is 4.23. The van der Waals surface area contributed by atoms with Crippen LogP contribution in [0, 0.1) is 11.6 Å². The largest absolute Gasteiger partial charge is 0.266 e. The lowest BCUT2D eigenvalue weighted by Crippen LogP contribution is -2.14. The maximum absolute atomic E-state index is 13.3. The van der Waals surface area contributed by atoms with E-state index in [9.17, 15) is 17.2 Å². The van der Waals surface area contributed by atoms with Crippen LogP contribution in [0.15, 0.2) is 29.4 Å². The van der Waals surface area contributed by atoms with Gasteiger partial charge in [-0.1, -0.05) is 0 Å². The van der Waals surface area contributed by atoms with E-state index in [0.29, 0.717) is 6.07 Å². The summed E-state index contributed by atoms with van der Waals surface area (Å²) in [4.78, 5) is 2.81. The van der Waals surface area contributed by atoms with Crippen LogP contribution in [0.25, 0.3) is 0 Å². The molecule has 1 aromatic carbocycles. The number of rotatable bonds is 3. The average Bonchev–Trinajstić information content (AvgIpc) is 2.73. The van der Waals surface area contributed by atoms with Gasteiger partial charge in [0.05, 0.1) is 0 Å². The highest BCUT2D eigenvalue weighted by Gasteiger charge is 2.21. The van der Waals surface area contributed by atoms with Gasteiger partial charge in [-0.15, -0.1) is 0 Å². The van der Waals surface area contributed by atoms with E-state index in [1.165, 1.54) is 0 Å². The molecule has 2 aromatic rings. The van der Waals surface area contributed by atoms with Crippen LogP contribution in [0.4, 0.5) is 13.9 Å². The molecule has 1 N–H and O–H groups in total. The molecule has 0 aliphatic carbocycles. The maximum Gasteiger partial charge on any atom is 0.266 e. The molecule has 0 spiro atoms. The van der Waals surface area contributed by atoms with E-state index in [2.05, 4.69) is 9.36 Å². The van der Waals surface area contributed by atoms with Crippen LogP contribution in [-0.2, 0) is 10.0 Å². The van der Waals surface area contributed by atoms with Gasteiger partial charge in [0.25, 0.3) is 10.0 Å². The summed E-state index contributed by atoms with van der Waals surface area (Å²) in [5, 5.41) is -0.0198. The first kappa shape index (κ1) is 11.9. The minimum Gasteiger partial charge on any atom is -0.253 e. The highest BCUT2D eigenvalue weighted by molar-refractivity contribution is 7.93. The smallest absolute Gasteiger partial charge is 0.253 e. The van der Waals surface area contributed by atoms with Crippen LogP contribution in [0.5, 0.6) is 0 Å². The zero-order valence-corrected chi connectivity index (χ0v) is 9.73. The number of anilines is 1. The summed E-state index contributed by atoms with van der Waals surface area (Å²) in [6.45, 7) is 0. The third-order valence-electron chi connectivity index (χ3n) is 1.77. The molecule has 1 heterocycles. The Morgan fingerprint density at radius 1 is 1.29 bits per heavy atom. The number of hydrogen-bond donors (Lipinski definition) is 1. The highest BCUT2D eigenvalue weighted by Crippen LogP contribution is 2.19. The quantitative estimate of drug-likeness (QED) is 0.925. The van der Waals surface area contributed by atoms with Crippen LogP contribution in [-0.4, -0.2) is 17.8 Å². The Morgan fingerprint density at radius 2 is 2.06 bits per heavy atom. The lowest BCUT2D eigenvalue weighted by atomic mass is 10.3. The van der Waals surface area contributed by atoms with Gasteiger partial charge in [-0.05, 0) is 18.2 Å². The van der Waals surface area contributed by atoms with Crippen LogP contribution < -0.4 is 4.72 Å². The van der Waals surface area contributed by atoms with E-state index in [1.54, 1.807) is 0 Å². The zero-order valence-electron chi connectivity index (χ0n) is 8.09. The molecule has 0 aliphatic rings. The number of halogens is 2.